The molecule has 1 heterocycles. The molecule has 0 aliphatic carbocycles. The van der Waals surface area contributed by atoms with Gasteiger partial charge in [0.15, 0.2) is 0 Å². The van der Waals surface area contributed by atoms with Crippen LogP contribution >= 0.6 is 11.6 Å². The first kappa shape index (κ1) is 15.0. The summed E-state index contributed by atoms with van der Waals surface area (Å²) in [5.74, 6) is 1.37. The SMILES string of the molecule is Cc1cc(C)cc(Cc2nc(Cl)cc(CC(C)C)n2)c1. The first-order valence-electron chi connectivity index (χ1n) is 7.02. The summed E-state index contributed by atoms with van der Waals surface area (Å²) in [6.07, 6.45) is 1.66. The lowest BCUT2D eigenvalue weighted by atomic mass is 10.0. The van der Waals surface area contributed by atoms with Crippen LogP contribution in [0.4, 0.5) is 0 Å². The van der Waals surface area contributed by atoms with E-state index in [0.717, 1.165) is 24.4 Å². The molecule has 1 aromatic heterocycles. The molecule has 0 amide bonds. The molecular formula is C17H21ClN2. The minimum Gasteiger partial charge on any atom is -0.237 e. The first-order valence-corrected chi connectivity index (χ1v) is 7.39. The van der Waals surface area contributed by atoms with Crippen molar-refractivity contribution in [2.75, 3.05) is 0 Å². The predicted octanol–water partition coefficient (Wildman–Crippen LogP) is 4.54. The molecule has 0 saturated heterocycles. The van der Waals surface area contributed by atoms with Gasteiger partial charge in [-0.3, -0.25) is 0 Å². The lowest BCUT2D eigenvalue weighted by Crippen LogP contribution is -2.04. The molecule has 106 valence electrons. The normalized spacial score (nSPS) is 11.1. The van der Waals surface area contributed by atoms with Crippen LogP contribution in [0.25, 0.3) is 0 Å². The second-order valence-corrected chi connectivity index (χ2v) is 6.26. The molecule has 0 saturated carbocycles. The Hall–Kier alpha value is -1.41. The molecule has 2 aromatic rings. The van der Waals surface area contributed by atoms with E-state index in [9.17, 15) is 0 Å². The third-order valence-electron chi connectivity index (χ3n) is 3.06. The highest BCUT2D eigenvalue weighted by Crippen LogP contribution is 2.15. The number of benzene rings is 1. The zero-order valence-electron chi connectivity index (χ0n) is 12.6. The van der Waals surface area contributed by atoms with Gasteiger partial charge in [-0.2, -0.15) is 0 Å². The average molecular weight is 289 g/mol. The number of aryl methyl sites for hydroxylation is 2. The Kier molecular flexibility index (Phi) is 4.77. The molecule has 2 nitrogen and oxygen atoms in total. The van der Waals surface area contributed by atoms with Crippen molar-refractivity contribution in [1.29, 1.82) is 0 Å². The maximum absolute atomic E-state index is 6.11. The zero-order valence-corrected chi connectivity index (χ0v) is 13.3. The van der Waals surface area contributed by atoms with Crippen molar-refractivity contribution in [2.24, 2.45) is 5.92 Å². The van der Waals surface area contributed by atoms with E-state index >= 15 is 0 Å². The van der Waals surface area contributed by atoms with Crippen LogP contribution in [-0.2, 0) is 12.8 Å². The van der Waals surface area contributed by atoms with Gasteiger partial charge in [0, 0.05) is 12.1 Å². The maximum atomic E-state index is 6.11. The highest BCUT2D eigenvalue weighted by atomic mass is 35.5. The van der Waals surface area contributed by atoms with Crippen molar-refractivity contribution in [3.05, 3.63) is 57.6 Å². The standard InChI is InChI=1S/C17H21ClN2/c1-11(2)5-15-10-16(18)20-17(19-15)9-14-7-12(3)6-13(4)8-14/h6-8,10-11H,5,9H2,1-4H3. The van der Waals surface area contributed by atoms with E-state index in [-0.39, 0.29) is 0 Å². The van der Waals surface area contributed by atoms with Crippen molar-refractivity contribution in [2.45, 2.75) is 40.5 Å². The van der Waals surface area contributed by atoms with Gasteiger partial charge in [0.05, 0.1) is 0 Å². The van der Waals surface area contributed by atoms with Crippen LogP contribution in [0, 0.1) is 19.8 Å². The van der Waals surface area contributed by atoms with Gasteiger partial charge in [-0.15, -0.1) is 0 Å². The van der Waals surface area contributed by atoms with Gasteiger partial charge in [-0.05, 0) is 37.8 Å². The van der Waals surface area contributed by atoms with Crippen molar-refractivity contribution in [3.8, 4) is 0 Å². The van der Waals surface area contributed by atoms with Crippen LogP contribution in [0.1, 0.15) is 42.1 Å². The van der Waals surface area contributed by atoms with Crippen molar-refractivity contribution < 1.29 is 0 Å². The highest BCUT2D eigenvalue weighted by Gasteiger charge is 2.07. The van der Waals surface area contributed by atoms with E-state index < -0.39 is 0 Å². The third-order valence-corrected chi connectivity index (χ3v) is 3.25. The Labute approximate surface area is 126 Å². The van der Waals surface area contributed by atoms with Crippen LogP contribution in [-0.4, -0.2) is 9.97 Å². The summed E-state index contributed by atoms with van der Waals surface area (Å²) < 4.78 is 0. The van der Waals surface area contributed by atoms with E-state index in [0.29, 0.717) is 11.1 Å². The smallest absolute Gasteiger partial charge is 0.134 e. The van der Waals surface area contributed by atoms with E-state index in [1.54, 1.807) is 0 Å². The molecule has 20 heavy (non-hydrogen) atoms. The van der Waals surface area contributed by atoms with Crippen LogP contribution in [0.3, 0.4) is 0 Å². The Morgan fingerprint density at radius 1 is 1.00 bits per heavy atom. The summed E-state index contributed by atoms with van der Waals surface area (Å²) >= 11 is 6.11. The molecule has 0 aliphatic rings. The van der Waals surface area contributed by atoms with Gasteiger partial charge in [0.1, 0.15) is 11.0 Å². The van der Waals surface area contributed by atoms with E-state index in [2.05, 4.69) is 55.9 Å². The lowest BCUT2D eigenvalue weighted by molar-refractivity contribution is 0.631. The summed E-state index contributed by atoms with van der Waals surface area (Å²) in [7, 11) is 0. The monoisotopic (exact) mass is 288 g/mol. The maximum Gasteiger partial charge on any atom is 0.134 e. The number of halogens is 1. The summed E-state index contributed by atoms with van der Waals surface area (Å²) in [6, 6.07) is 8.40. The largest absolute Gasteiger partial charge is 0.237 e. The number of rotatable bonds is 4. The minimum absolute atomic E-state index is 0.537. The zero-order chi connectivity index (χ0) is 14.7. The third kappa shape index (κ3) is 4.31. The van der Waals surface area contributed by atoms with Crippen LogP contribution in [0.2, 0.25) is 5.15 Å². The second kappa shape index (κ2) is 6.36. The Morgan fingerprint density at radius 2 is 1.65 bits per heavy atom. The number of hydrogen-bond acceptors (Lipinski definition) is 2. The summed E-state index contributed by atoms with van der Waals surface area (Å²) in [4.78, 5) is 8.98. The Balaban J connectivity index is 2.26. The lowest BCUT2D eigenvalue weighted by Gasteiger charge is -2.08. The van der Waals surface area contributed by atoms with Crippen molar-refractivity contribution in [1.82, 2.24) is 9.97 Å². The molecule has 0 radical (unpaired) electrons. The van der Waals surface area contributed by atoms with Gasteiger partial charge < -0.3 is 0 Å². The molecule has 0 unspecified atom stereocenters. The molecule has 3 heteroatoms. The van der Waals surface area contributed by atoms with Gasteiger partial charge in [0.2, 0.25) is 0 Å². The predicted molar refractivity (Wildman–Crippen MR) is 84.3 cm³/mol. The van der Waals surface area contributed by atoms with Gasteiger partial charge in [0.25, 0.3) is 0 Å². The fraction of sp³-hybridized carbons (Fsp3) is 0.412. The van der Waals surface area contributed by atoms with Crippen LogP contribution < -0.4 is 0 Å². The Bertz CT molecular complexity index is 586. The Morgan fingerprint density at radius 3 is 2.25 bits per heavy atom. The van der Waals surface area contributed by atoms with Crippen molar-refractivity contribution >= 4 is 11.6 Å². The molecule has 2 rings (SSSR count). The second-order valence-electron chi connectivity index (χ2n) is 5.87. The molecule has 0 N–H and O–H groups in total. The van der Waals surface area contributed by atoms with E-state index in [4.69, 9.17) is 11.6 Å². The van der Waals surface area contributed by atoms with Gasteiger partial charge >= 0.3 is 0 Å². The van der Waals surface area contributed by atoms with Crippen LogP contribution in [0.5, 0.6) is 0 Å². The fourth-order valence-corrected chi connectivity index (χ4v) is 2.70. The van der Waals surface area contributed by atoms with E-state index in [1.807, 2.05) is 6.07 Å². The first-order chi connectivity index (χ1) is 9.42. The minimum atomic E-state index is 0.537. The molecule has 0 spiro atoms. The van der Waals surface area contributed by atoms with E-state index in [1.165, 1.54) is 16.7 Å². The highest BCUT2D eigenvalue weighted by molar-refractivity contribution is 6.29. The molecular weight excluding hydrogens is 268 g/mol. The van der Waals surface area contributed by atoms with Crippen molar-refractivity contribution in [3.63, 3.8) is 0 Å². The van der Waals surface area contributed by atoms with Gasteiger partial charge in [-0.25, -0.2) is 9.97 Å². The molecule has 1 aromatic carbocycles. The number of hydrogen-bond donors (Lipinski definition) is 0. The topological polar surface area (TPSA) is 25.8 Å². The summed E-state index contributed by atoms with van der Waals surface area (Å²) in [5, 5.41) is 0.537. The molecule has 0 fully saturated rings. The fourth-order valence-electron chi connectivity index (χ4n) is 2.47. The van der Waals surface area contributed by atoms with Crippen LogP contribution in [0.15, 0.2) is 24.3 Å². The summed E-state index contributed by atoms with van der Waals surface area (Å²) in [6.45, 7) is 8.58. The molecule has 0 bridgehead atoms. The summed E-state index contributed by atoms with van der Waals surface area (Å²) in [5.41, 5.74) is 4.80. The molecule has 0 atom stereocenters. The molecule has 0 aliphatic heterocycles. The van der Waals surface area contributed by atoms with Gasteiger partial charge in [-0.1, -0.05) is 54.8 Å². The number of aromatic nitrogens is 2. The average Bonchev–Trinajstić information content (AvgIpc) is 2.24. The quantitative estimate of drug-likeness (QED) is 0.772. The number of nitrogens with zero attached hydrogens (tertiary/aromatic N) is 2.